The van der Waals surface area contributed by atoms with Gasteiger partial charge in [-0.15, -0.1) is 0 Å². The maximum absolute atomic E-state index is 5.65. The number of hydrogen-bond acceptors (Lipinski definition) is 3. The van der Waals surface area contributed by atoms with Crippen molar-refractivity contribution in [3.8, 4) is 0 Å². The summed E-state index contributed by atoms with van der Waals surface area (Å²) in [5.41, 5.74) is 2.66. The van der Waals surface area contributed by atoms with Gasteiger partial charge in [-0.05, 0) is 44.7 Å². The minimum Gasteiger partial charge on any atom is -0.353 e. The molecular weight excluding hydrogens is 226 g/mol. The van der Waals surface area contributed by atoms with E-state index in [9.17, 15) is 0 Å². The van der Waals surface area contributed by atoms with E-state index >= 15 is 0 Å². The molecule has 1 unspecified atom stereocenters. The molecule has 2 rings (SSSR count). The van der Waals surface area contributed by atoms with Crippen molar-refractivity contribution >= 4 is 0 Å². The summed E-state index contributed by atoms with van der Waals surface area (Å²) in [6.45, 7) is 5.43. The van der Waals surface area contributed by atoms with E-state index in [0.717, 1.165) is 12.8 Å². The average Bonchev–Trinajstić information content (AvgIpc) is 2.40. The van der Waals surface area contributed by atoms with E-state index in [2.05, 4.69) is 11.1 Å². The van der Waals surface area contributed by atoms with Gasteiger partial charge >= 0.3 is 0 Å². The van der Waals surface area contributed by atoms with Crippen LogP contribution in [0, 0.1) is 0 Å². The first kappa shape index (κ1) is 13.5. The van der Waals surface area contributed by atoms with Crippen LogP contribution in [0.2, 0.25) is 0 Å². The lowest BCUT2D eigenvalue weighted by Gasteiger charge is -2.27. The van der Waals surface area contributed by atoms with Crippen molar-refractivity contribution in [1.82, 2.24) is 4.98 Å². The highest BCUT2D eigenvalue weighted by molar-refractivity contribution is 5.25. The summed E-state index contributed by atoms with van der Waals surface area (Å²) in [6, 6.07) is 4.23. The second-order valence-corrected chi connectivity index (χ2v) is 4.71. The van der Waals surface area contributed by atoms with Crippen LogP contribution in [-0.2, 0) is 15.9 Å². The Balaban J connectivity index is 2.05. The first-order chi connectivity index (χ1) is 8.85. The van der Waals surface area contributed by atoms with Crippen molar-refractivity contribution in [3.63, 3.8) is 0 Å². The van der Waals surface area contributed by atoms with Crippen molar-refractivity contribution in [3.05, 3.63) is 29.6 Å². The highest BCUT2D eigenvalue weighted by Crippen LogP contribution is 2.33. The van der Waals surface area contributed by atoms with Crippen LogP contribution in [-0.4, -0.2) is 24.5 Å². The van der Waals surface area contributed by atoms with Crippen LogP contribution in [0.1, 0.15) is 50.3 Å². The van der Waals surface area contributed by atoms with E-state index in [4.69, 9.17) is 9.47 Å². The summed E-state index contributed by atoms with van der Waals surface area (Å²) in [5, 5.41) is 0. The van der Waals surface area contributed by atoms with Gasteiger partial charge in [0.1, 0.15) is 0 Å². The Morgan fingerprint density at radius 3 is 2.83 bits per heavy atom. The minimum atomic E-state index is -0.0852. The van der Waals surface area contributed by atoms with Crippen molar-refractivity contribution < 1.29 is 9.47 Å². The summed E-state index contributed by atoms with van der Waals surface area (Å²) >= 11 is 0. The van der Waals surface area contributed by atoms with Gasteiger partial charge < -0.3 is 9.47 Å². The second-order valence-electron chi connectivity index (χ2n) is 4.71. The molecular formula is C15H23NO2. The quantitative estimate of drug-likeness (QED) is 0.725. The molecule has 0 N–H and O–H groups in total. The van der Waals surface area contributed by atoms with Gasteiger partial charge in [-0.3, -0.25) is 4.98 Å². The van der Waals surface area contributed by atoms with Gasteiger partial charge in [0.15, 0.2) is 6.29 Å². The maximum atomic E-state index is 5.65. The highest BCUT2D eigenvalue weighted by Gasteiger charge is 2.24. The number of pyridine rings is 1. The van der Waals surface area contributed by atoms with E-state index < -0.39 is 0 Å². The third-order valence-corrected chi connectivity index (χ3v) is 3.49. The van der Waals surface area contributed by atoms with Gasteiger partial charge in [0, 0.05) is 37.4 Å². The summed E-state index contributed by atoms with van der Waals surface area (Å²) in [7, 11) is 0. The number of aromatic nitrogens is 1. The van der Waals surface area contributed by atoms with Crippen LogP contribution in [0.5, 0.6) is 0 Å². The summed E-state index contributed by atoms with van der Waals surface area (Å²) in [4.78, 5) is 4.56. The zero-order chi connectivity index (χ0) is 12.8. The molecule has 0 aromatic carbocycles. The lowest BCUT2D eigenvalue weighted by molar-refractivity contribution is -0.142. The molecule has 0 spiro atoms. The summed E-state index contributed by atoms with van der Waals surface area (Å²) in [5.74, 6) is 0.484. The number of aryl methyl sites for hydroxylation is 1. The smallest absolute Gasteiger partial charge is 0.158 e. The van der Waals surface area contributed by atoms with Gasteiger partial charge in [0.05, 0.1) is 0 Å². The van der Waals surface area contributed by atoms with Gasteiger partial charge in [0.25, 0.3) is 0 Å². The van der Waals surface area contributed by atoms with Gasteiger partial charge in [-0.2, -0.15) is 0 Å². The van der Waals surface area contributed by atoms with Crippen molar-refractivity contribution in [1.29, 1.82) is 0 Å². The molecule has 0 bridgehead atoms. The molecule has 1 aromatic heterocycles. The molecule has 3 heteroatoms. The molecule has 100 valence electrons. The second kappa shape index (κ2) is 6.86. The van der Waals surface area contributed by atoms with Crippen LogP contribution >= 0.6 is 0 Å². The van der Waals surface area contributed by atoms with E-state index in [1.165, 1.54) is 24.1 Å². The Kier molecular flexibility index (Phi) is 5.14. The lowest BCUT2D eigenvalue weighted by atomic mass is 9.84. The maximum Gasteiger partial charge on any atom is 0.158 e. The number of fused-ring (bicyclic) bond motifs is 1. The zero-order valence-corrected chi connectivity index (χ0v) is 11.4. The predicted molar refractivity (Wildman–Crippen MR) is 71.6 cm³/mol. The zero-order valence-electron chi connectivity index (χ0n) is 11.4. The monoisotopic (exact) mass is 249 g/mol. The fourth-order valence-electron chi connectivity index (χ4n) is 2.72. The van der Waals surface area contributed by atoms with Crippen molar-refractivity contribution in [2.24, 2.45) is 0 Å². The van der Waals surface area contributed by atoms with E-state index in [0.29, 0.717) is 19.1 Å². The van der Waals surface area contributed by atoms with E-state index in [1.807, 2.05) is 26.1 Å². The molecule has 1 aliphatic carbocycles. The van der Waals surface area contributed by atoms with Gasteiger partial charge in [0.2, 0.25) is 0 Å². The van der Waals surface area contributed by atoms with E-state index in [1.54, 1.807) is 0 Å². The first-order valence-electron chi connectivity index (χ1n) is 7.02. The molecule has 1 aliphatic rings. The van der Waals surface area contributed by atoms with Crippen LogP contribution < -0.4 is 0 Å². The van der Waals surface area contributed by atoms with Gasteiger partial charge in [-0.25, -0.2) is 0 Å². The number of rotatable bonds is 6. The molecule has 1 heterocycles. The van der Waals surface area contributed by atoms with Crippen LogP contribution in [0.4, 0.5) is 0 Å². The van der Waals surface area contributed by atoms with Crippen LogP contribution in [0.3, 0.4) is 0 Å². The highest BCUT2D eigenvalue weighted by atomic mass is 16.7. The molecule has 0 saturated heterocycles. The molecule has 0 saturated carbocycles. The molecule has 0 aliphatic heterocycles. The molecule has 0 fully saturated rings. The largest absolute Gasteiger partial charge is 0.353 e. The molecule has 0 amide bonds. The van der Waals surface area contributed by atoms with Crippen LogP contribution in [0.15, 0.2) is 18.3 Å². The number of nitrogens with zero attached hydrogens (tertiary/aromatic N) is 1. The summed E-state index contributed by atoms with van der Waals surface area (Å²) in [6.07, 6.45) is 6.33. The van der Waals surface area contributed by atoms with Crippen LogP contribution in [0.25, 0.3) is 0 Å². The molecule has 0 radical (unpaired) electrons. The third kappa shape index (κ3) is 3.30. The van der Waals surface area contributed by atoms with E-state index in [-0.39, 0.29) is 6.29 Å². The third-order valence-electron chi connectivity index (χ3n) is 3.49. The minimum absolute atomic E-state index is 0.0852. The molecule has 1 atom stereocenters. The topological polar surface area (TPSA) is 31.4 Å². The Morgan fingerprint density at radius 2 is 2.11 bits per heavy atom. The fraction of sp³-hybridized carbons (Fsp3) is 0.667. The Hall–Kier alpha value is -0.930. The Labute approximate surface area is 110 Å². The molecule has 3 nitrogen and oxygen atoms in total. The summed E-state index contributed by atoms with van der Waals surface area (Å²) < 4.78 is 11.3. The predicted octanol–water partition coefficient (Wildman–Crippen LogP) is 3.29. The fourth-order valence-corrected chi connectivity index (χ4v) is 2.72. The first-order valence-corrected chi connectivity index (χ1v) is 7.02. The number of ether oxygens (including phenoxy) is 2. The molecule has 1 aromatic rings. The Morgan fingerprint density at radius 1 is 1.33 bits per heavy atom. The molecule has 18 heavy (non-hydrogen) atoms. The average molecular weight is 249 g/mol. The Bertz CT molecular complexity index is 361. The van der Waals surface area contributed by atoms with Crippen molar-refractivity contribution in [2.45, 2.75) is 51.7 Å². The van der Waals surface area contributed by atoms with Crippen molar-refractivity contribution in [2.75, 3.05) is 13.2 Å². The lowest BCUT2D eigenvalue weighted by Crippen LogP contribution is -2.23. The normalized spacial score (nSPS) is 18.9. The standard InChI is InChI=1S/C15H23NO2/c1-3-17-14(18-4-2)11-13-8-5-7-12-9-6-10-16-15(12)13/h6,9-10,13-14H,3-5,7-8,11H2,1-2H3. The SMILES string of the molecule is CCOC(CC1CCCc2cccnc21)OCC. The number of hydrogen-bond donors (Lipinski definition) is 0. The van der Waals surface area contributed by atoms with Gasteiger partial charge in [-0.1, -0.05) is 6.07 Å².